The minimum Gasteiger partial charge on any atom is -0.469 e. The fraction of sp³-hybridized carbons (Fsp3) is 0.500. The molecule has 1 aromatic heterocycles. The molecule has 0 bridgehead atoms. The zero-order valence-corrected chi connectivity index (χ0v) is 12.3. The van der Waals surface area contributed by atoms with Crippen LogP contribution in [0, 0.1) is 0 Å². The minimum atomic E-state index is -0.336. The smallest absolute Gasteiger partial charge is 0.311 e. The number of hydrogen-bond acceptors (Lipinski definition) is 5. The number of ether oxygens (including phenoxy) is 1. The van der Waals surface area contributed by atoms with Crippen molar-refractivity contribution in [3.8, 4) is 0 Å². The van der Waals surface area contributed by atoms with Crippen LogP contribution in [0.4, 0.5) is 5.13 Å². The summed E-state index contributed by atoms with van der Waals surface area (Å²) in [4.78, 5) is 27.2. The van der Waals surface area contributed by atoms with Gasteiger partial charge in [0, 0.05) is 11.5 Å². The van der Waals surface area contributed by atoms with E-state index < -0.39 is 0 Å². The highest BCUT2D eigenvalue weighted by Gasteiger charge is 2.11. The second-order valence-corrected chi connectivity index (χ2v) is 5.61. The predicted octanol–water partition coefficient (Wildman–Crippen LogP) is 2.69. The molecule has 5 nitrogen and oxygen atoms in total. The second-order valence-electron chi connectivity index (χ2n) is 4.75. The van der Waals surface area contributed by atoms with E-state index in [0.717, 1.165) is 12.8 Å². The third kappa shape index (κ3) is 4.45. The van der Waals surface area contributed by atoms with Gasteiger partial charge in [-0.3, -0.25) is 14.9 Å². The lowest BCUT2D eigenvalue weighted by Gasteiger charge is -2.12. The number of rotatable bonds is 4. The first-order chi connectivity index (χ1) is 9.67. The van der Waals surface area contributed by atoms with Crippen LogP contribution in [0.15, 0.2) is 17.0 Å². The molecule has 0 unspecified atom stereocenters. The van der Waals surface area contributed by atoms with Crippen molar-refractivity contribution in [1.82, 2.24) is 4.98 Å². The molecule has 108 valence electrons. The topological polar surface area (TPSA) is 68.3 Å². The second kappa shape index (κ2) is 7.19. The number of carbonyl (C=O) groups excluding carboxylic acids is 2. The molecular formula is C14H18N2O3S. The van der Waals surface area contributed by atoms with E-state index in [9.17, 15) is 9.59 Å². The van der Waals surface area contributed by atoms with E-state index in [4.69, 9.17) is 0 Å². The van der Waals surface area contributed by atoms with Crippen molar-refractivity contribution in [2.45, 2.75) is 38.5 Å². The lowest BCUT2D eigenvalue weighted by atomic mass is 9.95. The fourth-order valence-electron chi connectivity index (χ4n) is 2.14. The number of amides is 1. The lowest BCUT2D eigenvalue weighted by molar-refractivity contribution is -0.139. The first-order valence-corrected chi connectivity index (χ1v) is 7.57. The van der Waals surface area contributed by atoms with Crippen molar-refractivity contribution in [1.29, 1.82) is 0 Å². The normalized spacial score (nSPS) is 14.8. The van der Waals surface area contributed by atoms with Gasteiger partial charge >= 0.3 is 5.97 Å². The number of nitrogens with zero attached hydrogens (tertiary/aromatic N) is 1. The number of aromatic nitrogens is 1. The summed E-state index contributed by atoms with van der Waals surface area (Å²) in [5.41, 5.74) is 1.82. The van der Waals surface area contributed by atoms with E-state index in [1.165, 1.54) is 43.3 Å². The van der Waals surface area contributed by atoms with Crippen LogP contribution < -0.4 is 5.32 Å². The van der Waals surface area contributed by atoms with Gasteiger partial charge in [0.2, 0.25) is 5.91 Å². The number of thiazole rings is 1. The van der Waals surface area contributed by atoms with Crippen molar-refractivity contribution < 1.29 is 14.3 Å². The quantitative estimate of drug-likeness (QED) is 0.685. The molecule has 1 aromatic rings. The molecule has 0 spiro atoms. The van der Waals surface area contributed by atoms with Crippen LogP contribution in [0.5, 0.6) is 0 Å². The molecule has 1 heterocycles. The summed E-state index contributed by atoms with van der Waals surface area (Å²) in [5, 5.41) is 5.01. The fourth-order valence-corrected chi connectivity index (χ4v) is 2.86. The number of esters is 1. The lowest BCUT2D eigenvalue weighted by Crippen LogP contribution is -2.10. The number of nitrogens with one attached hydrogen (secondary N) is 1. The van der Waals surface area contributed by atoms with Gasteiger partial charge in [-0.05, 0) is 25.7 Å². The van der Waals surface area contributed by atoms with Gasteiger partial charge in [-0.2, -0.15) is 0 Å². The van der Waals surface area contributed by atoms with Crippen LogP contribution in [0.2, 0.25) is 0 Å². The average Bonchev–Trinajstić information content (AvgIpc) is 2.86. The Kier molecular flexibility index (Phi) is 5.29. The molecule has 6 heteroatoms. The predicted molar refractivity (Wildman–Crippen MR) is 77.6 cm³/mol. The highest BCUT2D eigenvalue weighted by molar-refractivity contribution is 7.14. The van der Waals surface area contributed by atoms with Gasteiger partial charge < -0.3 is 4.74 Å². The van der Waals surface area contributed by atoms with Crippen LogP contribution in [0.1, 0.15) is 37.8 Å². The summed E-state index contributed by atoms with van der Waals surface area (Å²) in [5.74, 6) is -0.474. The van der Waals surface area contributed by atoms with Crippen LogP contribution in [-0.4, -0.2) is 24.0 Å². The Labute approximate surface area is 122 Å². The Morgan fingerprint density at radius 1 is 1.40 bits per heavy atom. The number of hydrogen-bond donors (Lipinski definition) is 1. The summed E-state index contributed by atoms with van der Waals surface area (Å²) in [6.45, 7) is 0. The van der Waals surface area contributed by atoms with E-state index in [1.54, 1.807) is 11.5 Å². The molecule has 0 atom stereocenters. The molecule has 1 fully saturated rings. The van der Waals surface area contributed by atoms with Crippen LogP contribution >= 0.6 is 11.3 Å². The van der Waals surface area contributed by atoms with Gasteiger partial charge in [-0.1, -0.05) is 12.0 Å². The number of carbonyl (C=O) groups is 2. The van der Waals surface area contributed by atoms with E-state index in [0.29, 0.717) is 10.8 Å². The van der Waals surface area contributed by atoms with Gasteiger partial charge in [0.1, 0.15) is 0 Å². The molecule has 1 N–H and O–H groups in total. The Balaban J connectivity index is 1.89. The summed E-state index contributed by atoms with van der Waals surface area (Å²) in [7, 11) is 1.34. The third-order valence-corrected chi connectivity index (χ3v) is 3.97. The van der Waals surface area contributed by atoms with E-state index >= 15 is 0 Å². The van der Waals surface area contributed by atoms with E-state index in [-0.39, 0.29) is 18.3 Å². The summed E-state index contributed by atoms with van der Waals surface area (Å²) in [6, 6.07) is 0. The maximum atomic E-state index is 11.9. The standard InChI is InChI=1S/C14H18N2O3S/c1-19-13(18)8-11-9-20-14(15-11)16-12(17)7-10-5-3-2-4-6-10/h7,9H,2-6,8H2,1H3,(H,15,16,17). The highest BCUT2D eigenvalue weighted by atomic mass is 32.1. The molecule has 1 aliphatic carbocycles. The molecule has 2 rings (SSSR count). The number of anilines is 1. The van der Waals surface area contributed by atoms with Crippen LogP contribution in [0.25, 0.3) is 0 Å². The Morgan fingerprint density at radius 2 is 2.15 bits per heavy atom. The van der Waals surface area contributed by atoms with Gasteiger partial charge in [-0.25, -0.2) is 4.98 Å². The summed E-state index contributed by atoms with van der Waals surface area (Å²) < 4.78 is 4.57. The Hall–Kier alpha value is -1.69. The minimum absolute atomic E-state index is 0.129. The molecule has 0 aliphatic heterocycles. The van der Waals surface area contributed by atoms with Crippen molar-refractivity contribution in [2.24, 2.45) is 0 Å². The number of methoxy groups -OCH3 is 1. The zero-order chi connectivity index (χ0) is 14.4. The molecule has 1 saturated carbocycles. The number of allylic oxidation sites excluding steroid dienone is 1. The van der Waals surface area contributed by atoms with Crippen molar-refractivity contribution in [2.75, 3.05) is 12.4 Å². The van der Waals surface area contributed by atoms with Crippen LogP contribution in [0.3, 0.4) is 0 Å². The Morgan fingerprint density at radius 3 is 2.85 bits per heavy atom. The molecular weight excluding hydrogens is 276 g/mol. The van der Waals surface area contributed by atoms with Crippen molar-refractivity contribution in [3.63, 3.8) is 0 Å². The monoisotopic (exact) mass is 294 g/mol. The molecule has 1 aliphatic rings. The maximum Gasteiger partial charge on any atom is 0.311 e. The zero-order valence-electron chi connectivity index (χ0n) is 11.5. The molecule has 0 aromatic carbocycles. The van der Waals surface area contributed by atoms with Crippen molar-refractivity contribution >= 4 is 28.3 Å². The summed E-state index contributed by atoms with van der Waals surface area (Å²) in [6.07, 6.45) is 7.42. The van der Waals surface area contributed by atoms with E-state index in [1.807, 2.05) is 0 Å². The highest BCUT2D eigenvalue weighted by Crippen LogP contribution is 2.23. The maximum absolute atomic E-state index is 11.9. The third-order valence-electron chi connectivity index (χ3n) is 3.17. The van der Waals surface area contributed by atoms with Crippen molar-refractivity contribution in [3.05, 3.63) is 22.7 Å². The first-order valence-electron chi connectivity index (χ1n) is 6.69. The average molecular weight is 294 g/mol. The van der Waals surface area contributed by atoms with Gasteiger partial charge in [0.25, 0.3) is 0 Å². The molecule has 1 amide bonds. The first kappa shape index (κ1) is 14.7. The molecule has 0 radical (unpaired) electrons. The van der Waals surface area contributed by atoms with Crippen LogP contribution in [-0.2, 0) is 20.7 Å². The van der Waals surface area contributed by atoms with Gasteiger partial charge in [0.15, 0.2) is 5.13 Å². The SMILES string of the molecule is COC(=O)Cc1csc(NC(=O)C=C2CCCCC2)n1. The van der Waals surface area contributed by atoms with Gasteiger partial charge in [-0.15, -0.1) is 11.3 Å². The van der Waals surface area contributed by atoms with Gasteiger partial charge in [0.05, 0.1) is 19.2 Å². The Bertz CT molecular complexity index is 514. The largest absolute Gasteiger partial charge is 0.469 e. The molecule has 20 heavy (non-hydrogen) atoms. The van der Waals surface area contributed by atoms with E-state index in [2.05, 4.69) is 15.0 Å². The summed E-state index contributed by atoms with van der Waals surface area (Å²) >= 11 is 1.31. The molecule has 0 saturated heterocycles.